The van der Waals surface area contributed by atoms with E-state index in [0.717, 1.165) is 5.56 Å². The average Bonchev–Trinajstić information content (AvgIpc) is 2.92. The Balaban J connectivity index is 2.07. The zero-order chi connectivity index (χ0) is 14.1. The third kappa shape index (κ3) is 2.12. The van der Waals surface area contributed by atoms with Gasteiger partial charge in [-0.3, -0.25) is 4.98 Å². The number of benzene rings is 1. The summed E-state index contributed by atoms with van der Waals surface area (Å²) in [6.45, 7) is 1.92. The number of halogens is 1. The highest BCUT2D eigenvalue weighted by atomic mass is 35.5. The minimum atomic E-state index is 0.339. The van der Waals surface area contributed by atoms with E-state index in [4.69, 9.17) is 21.9 Å². The van der Waals surface area contributed by atoms with Crippen LogP contribution in [0.1, 0.15) is 5.56 Å². The molecule has 20 heavy (non-hydrogen) atoms. The van der Waals surface area contributed by atoms with Crippen LogP contribution in [0.25, 0.3) is 23.0 Å². The summed E-state index contributed by atoms with van der Waals surface area (Å²) in [6, 6.07) is 9.11. The molecular weight excluding hydrogens is 276 g/mol. The SMILES string of the molecule is Cc1cccc(-c2nc(-c3ncccc3Cl)no2)c1N. The van der Waals surface area contributed by atoms with Crippen LogP contribution in [0.5, 0.6) is 0 Å². The number of aromatic nitrogens is 3. The van der Waals surface area contributed by atoms with E-state index in [1.54, 1.807) is 18.3 Å². The predicted octanol–water partition coefficient (Wildman–Crippen LogP) is 3.34. The zero-order valence-corrected chi connectivity index (χ0v) is 11.4. The molecule has 0 saturated carbocycles. The van der Waals surface area contributed by atoms with Gasteiger partial charge in [0.2, 0.25) is 5.82 Å². The van der Waals surface area contributed by atoms with Gasteiger partial charge < -0.3 is 10.3 Å². The molecule has 0 amide bonds. The van der Waals surface area contributed by atoms with Crippen molar-refractivity contribution in [3.8, 4) is 23.0 Å². The molecule has 0 aliphatic rings. The normalized spacial score (nSPS) is 10.7. The minimum absolute atomic E-state index is 0.339. The molecule has 0 fully saturated rings. The van der Waals surface area contributed by atoms with Crippen LogP contribution in [-0.2, 0) is 0 Å². The average molecular weight is 287 g/mol. The summed E-state index contributed by atoms with van der Waals surface area (Å²) in [5.74, 6) is 0.689. The molecule has 2 heterocycles. The first-order valence-corrected chi connectivity index (χ1v) is 6.34. The molecule has 0 aliphatic heterocycles. The second-order valence-electron chi connectivity index (χ2n) is 4.29. The maximum Gasteiger partial charge on any atom is 0.260 e. The topological polar surface area (TPSA) is 77.8 Å². The maximum absolute atomic E-state index is 6.06. The van der Waals surface area contributed by atoms with E-state index in [0.29, 0.717) is 33.7 Å². The van der Waals surface area contributed by atoms with Crippen LogP contribution in [0.4, 0.5) is 5.69 Å². The molecule has 3 aromatic rings. The monoisotopic (exact) mass is 286 g/mol. The van der Waals surface area contributed by atoms with Crippen LogP contribution < -0.4 is 5.73 Å². The fourth-order valence-corrected chi connectivity index (χ4v) is 2.05. The van der Waals surface area contributed by atoms with Crippen molar-refractivity contribution in [2.45, 2.75) is 6.92 Å². The van der Waals surface area contributed by atoms with E-state index in [2.05, 4.69) is 15.1 Å². The molecule has 100 valence electrons. The lowest BCUT2D eigenvalue weighted by Crippen LogP contribution is -1.93. The van der Waals surface area contributed by atoms with Crippen molar-refractivity contribution in [3.05, 3.63) is 47.1 Å². The van der Waals surface area contributed by atoms with E-state index in [9.17, 15) is 0 Å². The molecule has 0 radical (unpaired) electrons. The molecule has 2 aromatic heterocycles. The van der Waals surface area contributed by atoms with Crippen molar-refractivity contribution in [2.75, 3.05) is 5.73 Å². The van der Waals surface area contributed by atoms with Crippen molar-refractivity contribution in [1.29, 1.82) is 0 Å². The first-order chi connectivity index (χ1) is 9.66. The van der Waals surface area contributed by atoms with Gasteiger partial charge in [-0.15, -0.1) is 0 Å². The Morgan fingerprint density at radius 3 is 2.85 bits per heavy atom. The third-order valence-electron chi connectivity index (χ3n) is 2.95. The maximum atomic E-state index is 6.06. The molecule has 3 rings (SSSR count). The van der Waals surface area contributed by atoms with Gasteiger partial charge in [-0.2, -0.15) is 4.98 Å². The van der Waals surface area contributed by atoms with Crippen molar-refractivity contribution < 1.29 is 4.52 Å². The number of pyridine rings is 1. The Hall–Kier alpha value is -2.40. The number of nitrogens with zero attached hydrogens (tertiary/aromatic N) is 3. The van der Waals surface area contributed by atoms with Gasteiger partial charge in [-0.25, -0.2) is 0 Å². The highest BCUT2D eigenvalue weighted by Crippen LogP contribution is 2.29. The smallest absolute Gasteiger partial charge is 0.260 e. The fourth-order valence-electron chi connectivity index (χ4n) is 1.85. The van der Waals surface area contributed by atoms with Gasteiger partial charge in [0.05, 0.1) is 10.6 Å². The number of hydrogen-bond acceptors (Lipinski definition) is 5. The Morgan fingerprint density at radius 1 is 1.20 bits per heavy atom. The lowest BCUT2D eigenvalue weighted by molar-refractivity contribution is 0.432. The molecule has 0 atom stereocenters. The second-order valence-corrected chi connectivity index (χ2v) is 4.70. The number of rotatable bonds is 2. The Labute approximate surface area is 120 Å². The molecule has 1 aromatic carbocycles. The quantitative estimate of drug-likeness (QED) is 0.731. The van der Waals surface area contributed by atoms with Gasteiger partial charge in [0.25, 0.3) is 5.89 Å². The molecule has 0 saturated heterocycles. The summed E-state index contributed by atoms with van der Waals surface area (Å²) in [4.78, 5) is 8.46. The first kappa shape index (κ1) is 12.6. The summed E-state index contributed by atoms with van der Waals surface area (Å²) in [7, 11) is 0. The van der Waals surface area contributed by atoms with Gasteiger partial charge in [0.15, 0.2) is 0 Å². The lowest BCUT2D eigenvalue weighted by atomic mass is 10.1. The second kappa shape index (κ2) is 4.94. The van der Waals surface area contributed by atoms with Crippen LogP contribution in [0.3, 0.4) is 0 Å². The Bertz CT molecular complexity index is 769. The van der Waals surface area contributed by atoms with Crippen LogP contribution >= 0.6 is 11.6 Å². The van der Waals surface area contributed by atoms with Gasteiger partial charge >= 0.3 is 0 Å². The molecule has 0 aliphatic carbocycles. The summed E-state index contributed by atoms with van der Waals surface area (Å²) in [6.07, 6.45) is 1.62. The lowest BCUT2D eigenvalue weighted by Gasteiger charge is -2.03. The van der Waals surface area contributed by atoms with Crippen LogP contribution in [0, 0.1) is 6.92 Å². The summed E-state index contributed by atoms with van der Waals surface area (Å²) in [5.41, 5.74) is 8.79. The van der Waals surface area contributed by atoms with E-state index in [1.165, 1.54) is 0 Å². The van der Waals surface area contributed by atoms with E-state index >= 15 is 0 Å². The number of anilines is 1. The van der Waals surface area contributed by atoms with Crippen molar-refractivity contribution in [3.63, 3.8) is 0 Å². The number of para-hydroxylation sites is 1. The largest absolute Gasteiger partial charge is 0.398 e. The predicted molar refractivity (Wildman–Crippen MR) is 77.1 cm³/mol. The summed E-state index contributed by atoms with van der Waals surface area (Å²) in [5, 5.41) is 4.38. The standard InChI is InChI=1S/C14H11ClN4O/c1-8-4-2-5-9(11(8)16)14-18-13(19-20-14)12-10(15)6-3-7-17-12/h2-7H,16H2,1H3. The van der Waals surface area contributed by atoms with Crippen molar-refractivity contribution in [2.24, 2.45) is 0 Å². The van der Waals surface area contributed by atoms with Gasteiger partial charge in [-0.1, -0.05) is 28.9 Å². The number of aryl methyl sites for hydroxylation is 1. The van der Waals surface area contributed by atoms with Crippen molar-refractivity contribution >= 4 is 17.3 Å². The molecule has 6 heteroatoms. The minimum Gasteiger partial charge on any atom is -0.398 e. The third-order valence-corrected chi connectivity index (χ3v) is 3.26. The van der Waals surface area contributed by atoms with Crippen LogP contribution in [0.2, 0.25) is 5.02 Å². The Morgan fingerprint density at radius 2 is 2.05 bits per heavy atom. The van der Waals surface area contributed by atoms with E-state index < -0.39 is 0 Å². The van der Waals surface area contributed by atoms with Crippen molar-refractivity contribution in [1.82, 2.24) is 15.1 Å². The van der Waals surface area contributed by atoms with Crippen LogP contribution in [-0.4, -0.2) is 15.1 Å². The zero-order valence-electron chi connectivity index (χ0n) is 10.7. The molecule has 0 spiro atoms. The summed E-state index contributed by atoms with van der Waals surface area (Å²) >= 11 is 6.06. The Kier molecular flexibility index (Phi) is 3.12. The van der Waals surface area contributed by atoms with Gasteiger partial charge in [-0.05, 0) is 30.7 Å². The molecule has 0 unspecified atom stereocenters. The first-order valence-electron chi connectivity index (χ1n) is 5.97. The summed E-state index contributed by atoms with van der Waals surface area (Å²) < 4.78 is 5.26. The highest BCUT2D eigenvalue weighted by Gasteiger charge is 2.16. The van der Waals surface area contributed by atoms with Gasteiger partial charge in [0, 0.05) is 11.9 Å². The van der Waals surface area contributed by atoms with Crippen LogP contribution in [0.15, 0.2) is 41.1 Å². The molecule has 2 N–H and O–H groups in total. The number of nitrogen functional groups attached to an aromatic ring is 1. The fraction of sp³-hybridized carbons (Fsp3) is 0.0714. The molecular formula is C14H11ClN4O. The highest BCUT2D eigenvalue weighted by molar-refractivity contribution is 6.32. The number of hydrogen-bond donors (Lipinski definition) is 1. The number of nitrogens with two attached hydrogens (primary N) is 1. The molecule has 5 nitrogen and oxygen atoms in total. The van der Waals surface area contributed by atoms with Gasteiger partial charge in [0.1, 0.15) is 5.69 Å². The van der Waals surface area contributed by atoms with E-state index in [1.807, 2.05) is 25.1 Å². The molecule has 0 bridgehead atoms. The van der Waals surface area contributed by atoms with E-state index in [-0.39, 0.29) is 0 Å².